The Morgan fingerprint density at radius 1 is 1.20 bits per heavy atom. The fraction of sp³-hybridized carbons (Fsp3) is 0.267. The monoisotopic (exact) mass is 267 g/mol. The van der Waals surface area contributed by atoms with Gasteiger partial charge in [-0.2, -0.15) is 0 Å². The normalized spacial score (nSPS) is 12.9. The summed E-state index contributed by atoms with van der Waals surface area (Å²) in [6, 6.07) is 4.38. The molecule has 0 aromatic carbocycles. The van der Waals surface area contributed by atoms with Crippen LogP contribution in [0.1, 0.15) is 24.2 Å². The van der Waals surface area contributed by atoms with Gasteiger partial charge in [0, 0.05) is 37.4 Å². The minimum Gasteiger partial charge on any atom is -0.300 e. The first-order valence-corrected chi connectivity index (χ1v) is 6.62. The van der Waals surface area contributed by atoms with Crippen LogP contribution in [0.3, 0.4) is 0 Å². The molecule has 0 saturated heterocycles. The highest BCUT2D eigenvalue weighted by molar-refractivity contribution is 5.36. The molecule has 0 N–H and O–H groups in total. The molecule has 102 valence electrons. The van der Waals surface area contributed by atoms with E-state index in [0.717, 1.165) is 17.9 Å². The Morgan fingerprint density at radius 3 is 2.85 bits per heavy atom. The van der Waals surface area contributed by atoms with Gasteiger partial charge in [0.2, 0.25) is 0 Å². The van der Waals surface area contributed by atoms with E-state index in [4.69, 9.17) is 0 Å². The summed E-state index contributed by atoms with van der Waals surface area (Å²) in [6.45, 7) is 3.00. The van der Waals surface area contributed by atoms with Crippen molar-refractivity contribution < 1.29 is 0 Å². The van der Waals surface area contributed by atoms with Gasteiger partial charge < -0.3 is 0 Å². The molecule has 0 spiro atoms. The summed E-state index contributed by atoms with van der Waals surface area (Å²) in [5.41, 5.74) is 3.25. The van der Waals surface area contributed by atoms with Crippen molar-refractivity contribution in [3.8, 4) is 0 Å². The number of fused-ring (bicyclic) bond motifs is 1. The van der Waals surface area contributed by atoms with E-state index in [0.29, 0.717) is 6.04 Å². The predicted molar refractivity (Wildman–Crippen MR) is 77.1 cm³/mol. The maximum atomic E-state index is 4.37. The average molecular weight is 267 g/mol. The van der Waals surface area contributed by atoms with E-state index in [9.17, 15) is 0 Å². The van der Waals surface area contributed by atoms with Crippen LogP contribution in [0.25, 0.3) is 5.65 Å². The molecule has 0 saturated carbocycles. The zero-order chi connectivity index (χ0) is 13.9. The average Bonchev–Trinajstić information content (AvgIpc) is 2.91. The van der Waals surface area contributed by atoms with E-state index in [-0.39, 0.29) is 0 Å². The van der Waals surface area contributed by atoms with Crippen molar-refractivity contribution in [2.45, 2.75) is 19.5 Å². The van der Waals surface area contributed by atoms with Gasteiger partial charge >= 0.3 is 0 Å². The number of pyridine rings is 1. The topological polar surface area (TPSA) is 46.3 Å². The van der Waals surface area contributed by atoms with Crippen molar-refractivity contribution in [1.29, 1.82) is 0 Å². The van der Waals surface area contributed by atoms with Gasteiger partial charge in [-0.25, -0.2) is 4.98 Å². The molecule has 1 atom stereocenters. The first-order valence-electron chi connectivity index (χ1n) is 6.62. The van der Waals surface area contributed by atoms with Gasteiger partial charge in [-0.3, -0.25) is 19.3 Å². The molecule has 3 heterocycles. The third kappa shape index (κ3) is 2.40. The lowest BCUT2D eigenvalue weighted by Gasteiger charge is -2.24. The summed E-state index contributed by atoms with van der Waals surface area (Å²) in [6.07, 6.45) is 11.1. The maximum absolute atomic E-state index is 4.37. The van der Waals surface area contributed by atoms with Crippen molar-refractivity contribution in [2.75, 3.05) is 7.05 Å². The number of aromatic nitrogens is 4. The fourth-order valence-electron chi connectivity index (χ4n) is 2.28. The van der Waals surface area contributed by atoms with Crippen LogP contribution in [-0.2, 0) is 6.54 Å². The highest BCUT2D eigenvalue weighted by atomic mass is 15.2. The van der Waals surface area contributed by atoms with Gasteiger partial charge in [0.1, 0.15) is 0 Å². The molecule has 20 heavy (non-hydrogen) atoms. The standard InChI is InChI=1S/C15H17N5/c1-12(13-4-3-5-16-8-13)19(2)11-14-9-18-15-10-17-6-7-20(14)15/h3-10,12H,11H2,1-2H3. The first-order chi connectivity index (χ1) is 9.75. The molecule has 0 aliphatic carbocycles. The molecular formula is C15H17N5. The second-order valence-corrected chi connectivity index (χ2v) is 4.93. The van der Waals surface area contributed by atoms with Gasteiger partial charge in [-0.15, -0.1) is 0 Å². The summed E-state index contributed by atoms with van der Waals surface area (Å²) in [5.74, 6) is 0. The summed E-state index contributed by atoms with van der Waals surface area (Å²) in [4.78, 5) is 14.9. The minimum atomic E-state index is 0.302. The van der Waals surface area contributed by atoms with Gasteiger partial charge in [0.25, 0.3) is 0 Å². The smallest absolute Gasteiger partial charge is 0.155 e. The third-order valence-corrected chi connectivity index (χ3v) is 3.63. The van der Waals surface area contributed by atoms with Gasteiger partial charge in [0.05, 0.1) is 18.1 Å². The number of imidazole rings is 1. The fourth-order valence-corrected chi connectivity index (χ4v) is 2.28. The quantitative estimate of drug-likeness (QED) is 0.728. The zero-order valence-corrected chi connectivity index (χ0v) is 11.6. The Labute approximate surface area is 117 Å². The number of nitrogens with zero attached hydrogens (tertiary/aromatic N) is 5. The van der Waals surface area contributed by atoms with E-state index in [2.05, 4.69) is 44.3 Å². The summed E-state index contributed by atoms with van der Waals surface area (Å²) >= 11 is 0. The van der Waals surface area contributed by atoms with Crippen molar-refractivity contribution in [1.82, 2.24) is 24.3 Å². The molecule has 1 unspecified atom stereocenters. The van der Waals surface area contributed by atoms with Crippen LogP contribution in [0, 0.1) is 0 Å². The molecule has 0 aliphatic heterocycles. The van der Waals surface area contributed by atoms with Crippen LogP contribution in [0.4, 0.5) is 0 Å². The molecule has 0 aliphatic rings. The minimum absolute atomic E-state index is 0.302. The van der Waals surface area contributed by atoms with E-state index in [1.807, 2.05) is 24.7 Å². The number of rotatable bonds is 4. The highest BCUT2D eigenvalue weighted by Gasteiger charge is 2.14. The summed E-state index contributed by atoms with van der Waals surface area (Å²) in [5, 5.41) is 0. The molecule has 0 fully saturated rings. The maximum Gasteiger partial charge on any atom is 0.155 e. The Kier molecular flexibility index (Phi) is 3.43. The number of hydrogen-bond donors (Lipinski definition) is 0. The third-order valence-electron chi connectivity index (χ3n) is 3.63. The second kappa shape index (κ2) is 5.38. The molecule has 0 bridgehead atoms. The largest absolute Gasteiger partial charge is 0.300 e. The van der Waals surface area contributed by atoms with Crippen LogP contribution in [0.2, 0.25) is 0 Å². The first kappa shape index (κ1) is 12.7. The molecule has 3 aromatic rings. The molecular weight excluding hydrogens is 250 g/mol. The molecule has 3 aromatic heterocycles. The van der Waals surface area contributed by atoms with E-state index in [1.165, 1.54) is 5.56 Å². The summed E-state index contributed by atoms with van der Waals surface area (Å²) in [7, 11) is 2.11. The predicted octanol–water partition coefficient (Wildman–Crippen LogP) is 2.32. The Balaban J connectivity index is 1.80. The lowest BCUT2D eigenvalue weighted by atomic mass is 10.1. The molecule has 0 radical (unpaired) electrons. The lowest BCUT2D eigenvalue weighted by Crippen LogP contribution is -2.22. The Bertz CT molecular complexity index is 692. The van der Waals surface area contributed by atoms with Crippen LogP contribution in [0.5, 0.6) is 0 Å². The molecule has 5 heteroatoms. The summed E-state index contributed by atoms with van der Waals surface area (Å²) < 4.78 is 2.07. The van der Waals surface area contributed by atoms with Crippen LogP contribution < -0.4 is 0 Å². The second-order valence-electron chi connectivity index (χ2n) is 4.93. The molecule has 0 amide bonds. The SMILES string of the molecule is CC(c1cccnc1)N(C)Cc1cnc2cnccn12. The zero-order valence-electron chi connectivity index (χ0n) is 11.6. The van der Waals surface area contributed by atoms with Crippen LogP contribution in [0.15, 0.2) is 49.3 Å². The Morgan fingerprint density at radius 2 is 2.05 bits per heavy atom. The van der Waals surface area contributed by atoms with Crippen molar-refractivity contribution in [3.05, 3.63) is 60.6 Å². The number of hydrogen-bond acceptors (Lipinski definition) is 4. The molecule has 5 nitrogen and oxygen atoms in total. The highest BCUT2D eigenvalue weighted by Crippen LogP contribution is 2.19. The Hall–Kier alpha value is -2.27. The van der Waals surface area contributed by atoms with Crippen molar-refractivity contribution in [3.63, 3.8) is 0 Å². The van der Waals surface area contributed by atoms with E-state index < -0.39 is 0 Å². The lowest BCUT2D eigenvalue weighted by molar-refractivity contribution is 0.249. The molecule has 3 rings (SSSR count). The van der Waals surface area contributed by atoms with Gasteiger partial charge in [-0.1, -0.05) is 6.07 Å². The van der Waals surface area contributed by atoms with E-state index >= 15 is 0 Å². The van der Waals surface area contributed by atoms with Crippen molar-refractivity contribution in [2.24, 2.45) is 0 Å². The van der Waals surface area contributed by atoms with Crippen molar-refractivity contribution >= 4 is 5.65 Å². The van der Waals surface area contributed by atoms with Crippen LogP contribution >= 0.6 is 0 Å². The van der Waals surface area contributed by atoms with Crippen LogP contribution in [-0.4, -0.2) is 31.3 Å². The van der Waals surface area contributed by atoms with Gasteiger partial charge in [-0.05, 0) is 25.6 Å². The van der Waals surface area contributed by atoms with Gasteiger partial charge in [0.15, 0.2) is 5.65 Å². The van der Waals surface area contributed by atoms with E-state index in [1.54, 1.807) is 18.6 Å².